The molecule has 0 aliphatic heterocycles. The molecule has 0 saturated heterocycles. The summed E-state index contributed by atoms with van der Waals surface area (Å²) in [6.45, 7) is 11.0. The lowest BCUT2D eigenvalue weighted by Gasteiger charge is -2.10. The number of hydrogen-bond donors (Lipinski definition) is 0. The SMILES string of the molecule is CCOC(=O)C(C)c1ccc([N+](=O)[O-])c(Cl)n1.CCOC(=O)C(C)c1nc(Cl)ccc1[N+](=O)[O-].CCOC(=O)CC.O=[N+]([O-])c1ccc(Cl)nc1Cl. The van der Waals surface area contributed by atoms with Gasteiger partial charge in [-0.1, -0.05) is 53.3 Å². The molecule has 0 bridgehead atoms. The number of esters is 3. The Labute approximate surface area is 317 Å². The first-order valence-electron chi connectivity index (χ1n) is 14.9. The molecular weight excluding hydrogens is 778 g/mol. The van der Waals surface area contributed by atoms with E-state index in [0.717, 1.165) is 0 Å². The van der Waals surface area contributed by atoms with Crippen LogP contribution in [0.1, 0.15) is 71.2 Å². The highest BCUT2D eigenvalue weighted by Gasteiger charge is 2.27. The standard InChI is InChI=1S/2C10H11ClN2O4.C5H2Cl2N2O2.C5H10O2/c1-3-17-10(14)6(2)9-7(13(15)16)4-5-8(11)12-9;1-3-17-10(14)6(2)7-4-5-8(13(15)16)9(11)12-7;6-4-2-1-3(9(10)11)5(7)8-4;1-3-5(6)7-4-2/h2*4-6H,3H2,1-2H3;1-2H;3-4H2,1-2H3. The number of ether oxygens (including phenoxy) is 3. The molecule has 0 radical (unpaired) electrons. The zero-order chi connectivity index (χ0) is 40.1. The highest BCUT2D eigenvalue weighted by atomic mass is 35.5. The predicted octanol–water partition coefficient (Wildman–Crippen LogP) is 7.88. The molecule has 3 rings (SSSR count). The van der Waals surface area contributed by atoms with Crippen LogP contribution in [-0.2, 0) is 28.6 Å². The summed E-state index contributed by atoms with van der Waals surface area (Å²) in [5.41, 5.74) is -0.405. The molecule has 0 aliphatic carbocycles. The summed E-state index contributed by atoms with van der Waals surface area (Å²) < 4.78 is 14.2. The van der Waals surface area contributed by atoms with Gasteiger partial charge in [-0.25, -0.2) is 15.0 Å². The van der Waals surface area contributed by atoms with E-state index >= 15 is 0 Å². The van der Waals surface area contributed by atoms with E-state index in [-0.39, 0.29) is 62.6 Å². The first kappa shape index (κ1) is 47.2. The van der Waals surface area contributed by atoms with E-state index in [4.69, 9.17) is 55.9 Å². The average Bonchev–Trinajstić information content (AvgIpc) is 3.08. The molecule has 22 heteroatoms. The van der Waals surface area contributed by atoms with Gasteiger partial charge in [0.2, 0.25) is 10.3 Å². The number of rotatable bonds is 11. The van der Waals surface area contributed by atoms with Gasteiger partial charge in [-0.05, 0) is 52.8 Å². The molecule has 0 saturated carbocycles. The second-order valence-corrected chi connectivity index (χ2v) is 10.9. The van der Waals surface area contributed by atoms with Crippen LogP contribution in [0, 0.1) is 30.3 Å². The summed E-state index contributed by atoms with van der Waals surface area (Å²) in [5, 5.41) is 31.3. The Morgan fingerprint density at radius 1 is 0.615 bits per heavy atom. The van der Waals surface area contributed by atoms with Gasteiger partial charge in [0, 0.05) is 24.6 Å². The van der Waals surface area contributed by atoms with Crippen molar-refractivity contribution in [2.45, 2.75) is 59.8 Å². The Kier molecular flexibility index (Phi) is 22.2. The van der Waals surface area contributed by atoms with Crippen molar-refractivity contribution < 1.29 is 43.4 Å². The first-order chi connectivity index (χ1) is 24.4. The van der Waals surface area contributed by atoms with Crippen LogP contribution in [0.5, 0.6) is 0 Å². The average molecular weight is 812 g/mol. The number of halogens is 4. The van der Waals surface area contributed by atoms with Crippen LogP contribution in [-0.4, -0.2) is 67.5 Å². The summed E-state index contributed by atoms with van der Waals surface area (Å²) in [6, 6.07) is 7.66. The number of aromatic nitrogens is 3. The third-order valence-corrected chi connectivity index (χ3v) is 6.81. The van der Waals surface area contributed by atoms with Crippen molar-refractivity contribution in [1.82, 2.24) is 15.0 Å². The lowest BCUT2D eigenvalue weighted by molar-refractivity contribution is -0.386. The Morgan fingerprint density at radius 3 is 1.40 bits per heavy atom. The number of carbonyl (C=O) groups is 3. The van der Waals surface area contributed by atoms with Crippen LogP contribution in [0.25, 0.3) is 0 Å². The molecular formula is C30H34Cl4N6O12. The number of carbonyl (C=O) groups excluding carboxylic acids is 3. The molecule has 2 unspecified atom stereocenters. The van der Waals surface area contributed by atoms with Gasteiger partial charge in [0.05, 0.1) is 46.2 Å². The van der Waals surface area contributed by atoms with Crippen molar-refractivity contribution in [3.05, 3.63) is 98.7 Å². The summed E-state index contributed by atoms with van der Waals surface area (Å²) in [7, 11) is 0. The molecule has 0 aromatic carbocycles. The maximum atomic E-state index is 11.5. The van der Waals surface area contributed by atoms with Gasteiger partial charge in [0.25, 0.3) is 5.69 Å². The van der Waals surface area contributed by atoms with Crippen molar-refractivity contribution in [2.75, 3.05) is 19.8 Å². The van der Waals surface area contributed by atoms with Crippen molar-refractivity contribution in [3.8, 4) is 0 Å². The van der Waals surface area contributed by atoms with E-state index in [1.165, 1.54) is 43.3 Å². The second-order valence-electron chi connectivity index (χ2n) is 9.41. The zero-order valence-electron chi connectivity index (χ0n) is 28.5. The monoisotopic (exact) mass is 810 g/mol. The highest BCUT2D eigenvalue weighted by Crippen LogP contribution is 2.28. The Balaban J connectivity index is 0.000000700. The van der Waals surface area contributed by atoms with E-state index in [9.17, 15) is 44.7 Å². The zero-order valence-corrected chi connectivity index (χ0v) is 31.6. The van der Waals surface area contributed by atoms with Crippen molar-refractivity contribution in [3.63, 3.8) is 0 Å². The van der Waals surface area contributed by atoms with Gasteiger partial charge in [-0.15, -0.1) is 0 Å². The number of nitro groups is 3. The van der Waals surface area contributed by atoms with Gasteiger partial charge >= 0.3 is 29.3 Å². The number of hydrogen-bond acceptors (Lipinski definition) is 15. The maximum Gasteiger partial charge on any atom is 0.315 e. The molecule has 3 heterocycles. The van der Waals surface area contributed by atoms with Crippen molar-refractivity contribution >= 4 is 81.4 Å². The minimum absolute atomic E-state index is 0.0148. The smallest absolute Gasteiger partial charge is 0.315 e. The topological polar surface area (TPSA) is 247 Å². The van der Waals surface area contributed by atoms with E-state index < -0.39 is 38.5 Å². The molecule has 0 amide bonds. The fourth-order valence-corrected chi connectivity index (χ4v) is 4.10. The van der Waals surface area contributed by atoms with E-state index in [2.05, 4.69) is 19.7 Å². The molecule has 0 fully saturated rings. The van der Waals surface area contributed by atoms with Crippen LogP contribution in [0.2, 0.25) is 20.6 Å². The summed E-state index contributed by atoms with van der Waals surface area (Å²) in [5.74, 6) is -2.56. The molecule has 284 valence electrons. The minimum atomic E-state index is -0.825. The van der Waals surface area contributed by atoms with Gasteiger partial charge in [0.15, 0.2) is 0 Å². The van der Waals surface area contributed by atoms with E-state index in [1.54, 1.807) is 34.6 Å². The minimum Gasteiger partial charge on any atom is -0.466 e. The molecule has 3 aromatic rings. The normalized spacial score (nSPS) is 11.0. The fourth-order valence-electron chi connectivity index (χ4n) is 3.30. The van der Waals surface area contributed by atoms with Crippen LogP contribution in [0.4, 0.5) is 17.1 Å². The third-order valence-electron chi connectivity index (χ3n) is 5.83. The molecule has 0 aliphatic rings. The fraction of sp³-hybridized carbons (Fsp3) is 0.400. The van der Waals surface area contributed by atoms with E-state index in [1.807, 2.05) is 0 Å². The number of pyridine rings is 3. The summed E-state index contributed by atoms with van der Waals surface area (Å²) in [4.78, 5) is 73.9. The first-order valence-corrected chi connectivity index (χ1v) is 16.4. The quantitative estimate of drug-likeness (QED) is 0.0587. The van der Waals surface area contributed by atoms with Crippen LogP contribution >= 0.6 is 46.4 Å². The third kappa shape index (κ3) is 16.5. The number of nitrogens with zero attached hydrogens (tertiary/aromatic N) is 6. The second kappa shape index (κ2) is 24.4. The molecule has 18 nitrogen and oxygen atoms in total. The summed E-state index contributed by atoms with van der Waals surface area (Å²) >= 11 is 22.1. The van der Waals surface area contributed by atoms with Gasteiger partial charge in [-0.2, -0.15) is 0 Å². The lowest BCUT2D eigenvalue weighted by Crippen LogP contribution is -2.15. The Bertz CT molecular complexity index is 1720. The van der Waals surface area contributed by atoms with Crippen LogP contribution in [0.15, 0.2) is 36.4 Å². The van der Waals surface area contributed by atoms with E-state index in [0.29, 0.717) is 18.7 Å². The molecule has 2 atom stereocenters. The largest absolute Gasteiger partial charge is 0.466 e. The Hall–Kier alpha value is -4.78. The van der Waals surface area contributed by atoms with Gasteiger partial charge in [-0.3, -0.25) is 44.7 Å². The van der Waals surface area contributed by atoms with Gasteiger partial charge in [0.1, 0.15) is 21.9 Å². The lowest BCUT2D eigenvalue weighted by atomic mass is 10.1. The summed E-state index contributed by atoms with van der Waals surface area (Å²) in [6.07, 6.45) is 0.480. The van der Waals surface area contributed by atoms with Gasteiger partial charge < -0.3 is 14.2 Å². The predicted molar refractivity (Wildman–Crippen MR) is 190 cm³/mol. The Morgan fingerprint density at radius 2 is 1.02 bits per heavy atom. The molecule has 0 spiro atoms. The van der Waals surface area contributed by atoms with Crippen LogP contribution in [0.3, 0.4) is 0 Å². The van der Waals surface area contributed by atoms with Crippen LogP contribution < -0.4 is 0 Å². The molecule has 3 aromatic heterocycles. The van der Waals surface area contributed by atoms with Crippen molar-refractivity contribution in [2.24, 2.45) is 0 Å². The van der Waals surface area contributed by atoms with Crippen molar-refractivity contribution in [1.29, 1.82) is 0 Å². The molecule has 52 heavy (non-hydrogen) atoms. The highest BCUT2D eigenvalue weighted by molar-refractivity contribution is 6.33. The maximum absolute atomic E-state index is 11.5. The molecule has 0 N–H and O–H groups in total.